The van der Waals surface area contributed by atoms with E-state index in [2.05, 4.69) is 45.9 Å². The molecule has 0 aliphatic heterocycles. The van der Waals surface area contributed by atoms with Crippen LogP contribution in [0.1, 0.15) is 30.5 Å². The van der Waals surface area contributed by atoms with E-state index < -0.39 is 0 Å². The SMILES string of the molecule is Cc1cc2c(C#N)c(Cl)n(CC(C)C)c2cc1C. The van der Waals surface area contributed by atoms with Crippen LogP contribution in [0, 0.1) is 31.1 Å². The summed E-state index contributed by atoms with van der Waals surface area (Å²) >= 11 is 6.34. The van der Waals surface area contributed by atoms with E-state index in [4.69, 9.17) is 11.6 Å². The van der Waals surface area contributed by atoms with Crippen molar-refractivity contribution in [2.45, 2.75) is 34.2 Å². The van der Waals surface area contributed by atoms with Gasteiger partial charge in [0, 0.05) is 11.9 Å². The molecular formula is C15H17ClN2. The van der Waals surface area contributed by atoms with Crippen molar-refractivity contribution in [3.63, 3.8) is 0 Å². The summed E-state index contributed by atoms with van der Waals surface area (Å²) in [6.45, 7) is 9.27. The lowest BCUT2D eigenvalue weighted by Crippen LogP contribution is -2.04. The molecule has 0 N–H and O–H groups in total. The standard InChI is InChI=1S/C15H17ClN2/c1-9(2)8-18-14-6-11(4)10(3)5-12(14)13(7-17)15(18)16/h5-6,9H,8H2,1-4H3. The Morgan fingerprint density at radius 2 is 1.89 bits per heavy atom. The van der Waals surface area contributed by atoms with E-state index in [0.717, 1.165) is 17.4 Å². The number of fused-ring (bicyclic) bond motifs is 1. The maximum Gasteiger partial charge on any atom is 0.128 e. The minimum atomic E-state index is 0.492. The van der Waals surface area contributed by atoms with Gasteiger partial charge in [0.25, 0.3) is 0 Å². The van der Waals surface area contributed by atoms with Crippen LogP contribution < -0.4 is 0 Å². The molecule has 2 nitrogen and oxygen atoms in total. The lowest BCUT2D eigenvalue weighted by atomic mass is 10.1. The number of benzene rings is 1. The van der Waals surface area contributed by atoms with E-state index in [1.807, 2.05) is 4.57 Å². The molecule has 94 valence electrons. The smallest absolute Gasteiger partial charge is 0.128 e. The first kappa shape index (κ1) is 13.0. The average molecular weight is 261 g/mol. The number of halogens is 1. The molecule has 0 saturated carbocycles. The van der Waals surface area contributed by atoms with Gasteiger partial charge < -0.3 is 4.57 Å². The molecular weight excluding hydrogens is 244 g/mol. The van der Waals surface area contributed by atoms with Crippen molar-refractivity contribution in [3.05, 3.63) is 34.0 Å². The van der Waals surface area contributed by atoms with Gasteiger partial charge in [0.15, 0.2) is 0 Å². The van der Waals surface area contributed by atoms with Crippen LogP contribution >= 0.6 is 11.6 Å². The van der Waals surface area contributed by atoms with E-state index in [1.54, 1.807) is 0 Å². The quantitative estimate of drug-likeness (QED) is 0.785. The van der Waals surface area contributed by atoms with E-state index in [0.29, 0.717) is 16.6 Å². The number of nitrogens with zero attached hydrogens (tertiary/aromatic N) is 2. The van der Waals surface area contributed by atoms with Crippen molar-refractivity contribution in [1.29, 1.82) is 5.26 Å². The number of hydrogen-bond acceptors (Lipinski definition) is 1. The lowest BCUT2D eigenvalue weighted by molar-refractivity contribution is 0.535. The first-order chi connectivity index (χ1) is 8.45. The molecule has 0 unspecified atom stereocenters. The predicted octanol–water partition coefficient (Wildman–Crippen LogP) is 4.44. The van der Waals surface area contributed by atoms with E-state index in [1.165, 1.54) is 11.1 Å². The van der Waals surface area contributed by atoms with Crippen LogP contribution in [0.2, 0.25) is 5.15 Å². The number of hydrogen-bond donors (Lipinski definition) is 0. The maximum atomic E-state index is 9.28. The Kier molecular flexibility index (Phi) is 3.36. The summed E-state index contributed by atoms with van der Waals surface area (Å²) in [6.07, 6.45) is 0. The van der Waals surface area contributed by atoms with Gasteiger partial charge in [-0.3, -0.25) is 0 Å². The zero-order valence-electron chi connectivity index (χ0n) is 11.2. The first-order valence-corrected chi connectivity index (χ1v) is 6.52. The molecule has 1 aromatic heterocycles. The highest BCUT2D eigenvalue weighted by Gasteiger charge is 2.16. The van der Waals surface area contributed by atoms with Crippen molar-refractivity contribution in [1.82, 2.24) is 4.57 Å². The zero-order valence-corrected chi connectivity index (χ0v) is 12.0. The molecule has 0 saturated heterocycles. The first-order valence-electron chi connectivity index (χ1n) is 6.14. The fourth-order valence-electron chi connectivity index (χ4n) is 2.23. The Morgan fingerprint density at radius 1 is 1.28 bits per heavy atom. The van der Waals surface area contributed by atoms with Gasteiger partial charge in [-0.2, -0.15) is 5.26 Å². The molecule has 0 atom stereocenters. The van der Waals surface area contributed by atoms with E-state index in [-0.39, 0.29) is 0 Å². The van der Waals surface area contributed by atoms with Gasteiger partial charge in [0.1, 0.15) is 11.2 Å². The number of nitriles is 1. The number of aryl methyl sites for hydroxylation is 2. The minimum Gasteiger partial charge on any atom is -0.330 e. The summed E-state index contributed by atoms with van der Waals surface area (Å²) in [5.74, 6) is 0.492. The van der Waals surface area contributed by atoms with Gasteiger partial charge in [0.2, 0.25) is 0 Å². The molecule has 0 radical (unpaired) electrons. The predicted molar refractivity (Wildman–Crippen MR) is 76.0 cm³/mol. The van der Waals surface area contributed by atoms with Crippen LogP contribution in [0.4, 0.5) is 0 Å². The van der Waals surface area contributed by atoms with Crippen molar-refractivity contribution >= 4 is 22.5 Å². The summed E-state index contributed by atoms with van der Waals surface area (Å²) in [4.78, 5) is 0. The molecule has 0 spiro atoms. The second-order valence-electron chi connectivity index (χ2n) is 5.24. The van der Waals surface area contributed by atoms with Gasteiger partial charge in [-0.1, -0.05) is 25.4 Å². The Hall–Kier alpha value is -1.46. The minimum absolute atomic E-state index is 0.492. The normalized spacial score (nSPS) is 11.2. The van der Waals surface area contributed by atoms with Crippen LogP contribution in [0.15, 0.2) is 12.1 Å². The van der Waals surface area contributed by atoms with Crippen LogP contribution in [-0.2, 0) is 6.54 Å². The molecule has 1 heterocycles. The molecule has 2 rings (SSSR count). The van der Waals surface area contributed by atoms with Gasteiger partial charge in [-0.05, 0) is 43.0 Å². The van der Waals surface area contributed by atoms with Crippen LogP contribution in [0.5, 0.6) is 0 Å². The summed E-state index contributed by atoms with van der Waals surface area (Å²) in [6, 6.07) is 6.41. The molecule has 2 aromatic rings. The highest BCUT2D eigenvalue weighted by Crippen LogP contribution is 2.32. The third-order valence-electron chi connectivity index (χ3n) is 3.27. The van der Waals surface area contributed by atoms with Crippen LogP contribution in [-0.4, -0.2) is 4.57 Å². The monoisotopic (exact) mass is 260 g/mol. The molecule has 3 heteroatoms. The Bertz CT molecular complexity index is 645. The molecule has 18 heavy (non-hydrogen) atoms. The second-order valence-corrected chi connectivity index (χ2v) is 5.59. The molecule has 0 amide bonds. The third kappa shape index (κ3) is 2.00. The zero-order chi connectivity index (χ0) is 13.4. The Morgan fingerprint density at radius 3 is 2.44 bits per heavy atom. The van der Waals surface area contributed by atoms with Crippen LogP contribution in [0.3, 0.4) is 0 Å². The van der Waals surface area contributed by atoms with Gasteiger partial charge in [0.05, 0.1) is 11.1 Å². The van der Waals surface area contributed by atoms with E-state index >= 15 is 0 Å². The summed E-state index contributed by atoms with van der Waals surface area (Å²) in [7, 11) is 0. The van der Waals surface area contributed by atoms with E-state index in [9.17, 15) is 5.26 Å². The van der Waals surface area contributed by atoms with Crippen molar-refractivity contribution in [3.8, 4) is 6.07 Å². The Labute approximate surface area is 113 Å². The van der Waals surface area contributed by atoms with Crippen LogP contribution in [0.25, 0.3) is 10.9 Å². The topological polar surface area (TPSA) is 28.7 Å². The second kappa shape index (κ2) is 4.66. The summed E-state index contributed by atoms with van der Waals surface area (Å²) < 4.78 is 2.05. The molecule has 1 aromatic carbocycles. The van der Waals surface area contributed by atoms with Crippen molar-refractivity contribution in [2.75, 3.05) is 0 Å². The average Bonchev–Trinajstić information content (AvgIpc) is 2.53. The van der Waals surface area contributed by atoms with Crippen molar-refractivity contribution in [2.24, 2.45) is 5.92 Å². The molecule has 0 aliphatic carbocycles. The molecule has 0 bridgehead atoms. The largest absolute Gasteiger partial charge is 0.330 e. The molecule has 0 fully saturated rings. The number of rotatable bonds is 2. The van der Waals surface area contributed by atoms with Gasteiger partial charge in [-0.15, -0.1) is 0 Å². The summed E-state index contributed by atoms with van der Waals surface area (Å²) in [5.41, 5.74) is 4.08. The van der Waals surface area contributed by atoms with Gasteiger partial charge in [-0.25, -0.2) is 0 Å². The highest BCUT2D eigenvalue weighted by molar-refractivity contribution is 6.32. The van der Waals surface area contributed by atoms with Gasteiger partial charge >= 0.3 is 0 Å². The third-order valence-corrected chi connectivity index (χ3v) is 3.67. The highest BCUT2D eigenvalue weighted by atomic mass is 35.5. The number of aromatic nitrogens is 1. The Balaban J connectivity index is 2.82. The maximum absolute atomic E-state index is 9.28. The fraction of sp³-hybridized carbons (Fsp3) is 0.400. The fourth-order valence-corrected chi connectivity index (χ4v) is 2.53. The summed E-state index contributed by atoms with van der Waals surface area (Å²) in [5, 5.41) is 10.8. The van der Waals surface area contributed by atoms with Crippen molar-refractivity contribution < 1.29 is 0 Å². The lowest BCUT2D eigenvalue weighted by Gasteiger charge is -2.10. The molecule has 0 aliphatic rings.